The minimum absolute atomic E-state index is 0.0635. The van der Waals surface area contributed by atoms with Crippen LogP contribution in [0.2, 0.25) is 0 Å². The lowest BCUT2D eigenvalue weighted by atomic mass is 10.0. The monoisotopic (exact) mass is 522 g/mol. The van der Waals surface area contributed by atoms with E-state index in [1.54, 1.807) is 0 Å². The molecule has 0 spiro atoms. The second-order valence-corrected chi connectivity index (χ2v) is 8.82. The molecular weight excluding hydrogens is 495 g/mol. The number of aromatic hydroxyl groups is 2. The van der Waals surface area contributed by atoms with Crippen LogP contribution in [-0.4, -0.2) is 60.2 Å². The van der Waals surface area contributed by atoms with Crippen molar-refractivity contribution in [1.29, 1.82) is 0 Å². The SMILES string of the molecule is COc1ccc(O)c(C(=O)c2ccc(C(=O)O[C@@H]3CCCNC[C@H]3NC(=O)c3cc(F)ccc3O)cc2)c1. The molecule has 1 aliphatic rings. The van der Waals surface area contributed by atoms with Crippen LogP contribution < -0.4 is 15.4 Å². The minimum atomic E-state index is -0.694. The summed E-state index contributed by atoms with van der Waals surface area (Å²) in [4.78, 5) is 38.5. The van der Waals surface area contributed by atoms with Crippen LogP contribution in [0.4, 0.5) is 4.39 Å². The third kappa shape index (κ3) is 6.09. The molecule has 3 aromatic rings. The number of ketones is 1. The van der Waals surface area contributed by atoms with E-state index in [0.717, 1.165) is 18.2 Å². The van der Waals surface area contributed by atoms with Crippen molar-refractivity contribution in [2.45, 2.75) is 25.0 Å². The van der Waals surface area contributed by atoms with Gasteiger partial charge in [-0.15, -0.1) is 0 Å². The highest BCUT2D eigenvalue weighted by atomic mass is 19.1. The van der Waals surface area contributed by atoms with Crippen molar-refractivity contribution in [2.75, 3.05) is 20.2 Å². The van der Waals surface area contributed by atoms with Gasteiger partial charge in [0.25, 0.3) is 5.91 Å². The second kappa shape index (κ2) is 11.7. The first-order chi connectivity index (χ1) is 18.3. The van der Waals surface area contributed by atoms with E-state index in [0.29, 0.717) is 31.7 Å². The van der Waals surface area contributed by atoms with Crippen LogP contribution in [-0.2, 0) is 4.74 Å². The van der Waals surface area contributed by atoms with Crippen molar-refractivity contribution in [3.8, 4) is 17.2 Å². The normalized spacial score (nSPS) is 17.2. The number of nitrogens with one attached hydrogen (secondary N) is 2. The lowest BCUT2D eigenvalue weighted by molar-refractivity contribution is 0.0191. The maximum absolute atomic E-state index is 13.6. The Hall–Kier alpha value is -4.44. The Morgan fingerprint density at radius 2 is 1.63 bits per heavy atom. The largest absolute Gasteiger partial charge is 0.507 e. The molecule has 0 saturated carbocycles. The highest BCUT2D eigenvalue weighted by molar-refractivity contribution is 6.11. The number of rotatable bonds is 7. The number of carbonyl (C=O) groups is 3. The van der Waals surface area contributed by atoms with Gasteiger partial charge >= 0.3 is 5.97 Å². The van der Waals surface area contributed by atoms with Gasteiger partial charge in [-0.25, -0.2) is 9.18 Å². The third-order valence-corrected chi connectivity index (χ3v) is 6.26. The van der Waals surface area contributed by atoms with Gasteiger partial charge < -0.3 is 30.3 Å². The van der Waals surface area contributed by atoms with Crippen LogP contribution in [0.5, 0.6) is 17.2 Å². The molecule has 1 saturated heterocycles. The highest BCUT2D eigenvalue weighted by Gasteiger charge is 2.30. The van der Waals surface area contributed by atoms with Crippen LogP contribution in [0, 0.1) is 5.82 Å². The van der Waals surface area contributed by atoms with Gasteiger partial charge in [-0.05, 0) is 67.9 Å². The van der Waals surface area contributed by atoms with Crippen molar-refractivity contribution in [3.05, 3.63) is 88.7 Å². The lowest BCUT2D eigenvalue weighted by Crippen LogP contribution is -2.49. The number of esters is 1. The zero-order valence-electron chi connectivity index (χ0n) is 20.6. The zero-order valence-corrected chi connectivity index (χ0v) is 20.6. The molecule has 0 bridgehead atoms. The fourth-order valence-electron chi connectivity index (χ4n) is 4.18. The average Bonchev–Trinajstić information content (AvgIpc) is 3.14. The molecule has 1 fully saturated rings. The van der Waals surface area contributed by atoms with Crippen molar-refractivity contribution in [1.82, 2.24) is 10.6 Å². The summed E-state index contributed by atoms with van der Waals surface area (Å²) in [6.07, 6.45) is 0.463. The molecule has 1 amide bonds. The topological polar surface area (TPSA) is 134 Å². The fraction of sp³-hybridized carbons (Fsp3) is 0.250. The van der Waals surface area contributed by atoms with Gasteiger partial charge in [-0.1, -0.05) is 12.1 Å². The van der Waals surface area contributed by atoms with Crippen molar-refractivity contribution < 1.29 is 38.5 Å². The van der Waals surface area contributed by atoms with Crippen molar-refractivity contribution in [2.24, 2.45) is 0 Å². The van der Waals surface area contributed by atoms with E-state index in [4.69, 9.17) is 9.47 Å². The van der Waals surface area contributed by atoms with Crippen LogP contribution in [0.25, 0.3) is 0 Å². The Balaban J connectivity index is 1.46. The molecule has 3 aromatic carbocycles. The Morgan fingerprint density at radius 1 is 0.947 bits per heavy atom. The quantitative estimate of drug-likeness (QED) is 0.275. The second-order valence-electron chi connectivity index (χ2n) is 8.82. The highest BCUT2D eigenvalue weighted by Crippen LogP contribution is 2.26. The summed E-state index contributed by atoms with van der Waals surface area (Å²) in [5.41, 5.74) is 0.292. The Labute approximate surface area is 218 Å². The Morgan fingerprint density at radius 3 is 2.37 bits per heavy atom. The molecule has 2 atom stereocenters. The maximum Gasteiger partial charge on any atom is 0.338 e. The molecule has 0 radical (unpaired) electrons. The van der Waals surface area contributed by atoms with Gasteiger partial charge in [0.2, 0.25) is 0 Å². The number of amides is 1. The number of benzene rings is 3. The molecule has 198 valence electrons. The van der Waals surface area contributed by atoms with Gasteiger partial charge in [-0.2, -0.15) is 0 Å². The Bertz CT molecular complexity index is 1340. The van der Waals surface area contributed by atoms with Crippen LogP contribution in [0.1, 0.15) is 49.5 Å². The average molecular weight is 523 g/mol. The van der Waals surface area contributed by atoms with E-state index in [1.165, 1.54) is 49.6 Å². The van der Waals surface area contributed by atoms with Crippen LogP contribution in [0.15, 0.2) is 60.7 Å². The zero-order chi connectivity index (χ0) is 27.2. The number of carbonyl (C=O) groups excluding carboxylic acids is 3. The van der Waals surface area contributed by atoms with Gasteiger partial charge in [0, 0.05) is 12.1 Å². The van der Waals surface area contributed by atoms with Crippen molar-refractivity contribution in [3.63, 3.8) is 0 Å². The summed E-state index contributed by atoms with van der Waals surface area (Å²) in [6.45, 7) is 0.955. The summed E-state index contributed by atoms with van der Waals surface area (Å²) in [7, 11) is 1.45. The predicted molar refractivity (Wildman–Crippen MR) is 135 cm³/mol. The first-order valence-electron chi connectivity index (χ1n) is 12.0. The van der Waals surface area contributed by atoms with Crippen LogP contribution >= 0.6 is 0 Å². The summed E-state index contributed by atoms with van der Waals surface area (Å²) >= 11 is 0. The molecule has 0 aliphatic carbocycles. The number of hydrogen-bond acceptors (Lipinski definition) is 8. The molecular formula is C28H27FN2O7. The van der Waals surface area contributed by atoms with Crippen molar-refractivity contribution >= 4 is 17.7 Å². The molecule has 0 aromatic heterocycles. The van der Waals surface area contributed by atoms with Crippen LogP contribution in [0.3, 0.4) is 0 Å². The van der Waals surface area contributed by atoms with Gasteiger partial charge in [0.05, 0.1) is 29.8 Å². The number of hydrogen-bond donors (Lipinski definition) is 4. The number of phenolic OH excluding ortho intramolecular Hbond substituents is 2. The molecule has 10 heteroatoms. The third-order valence-electron chi connectivity index (χ3n) is 6.26. The summed E-state index contributed by atoms with van der Waals surface area (Å²) in [5, 5.41) is 25.9. The molecule has 1 heterocycles. The fourth-order valence-corrected chi connectivity index (χ4v) is 4.18. The van der Waals surface area contributed by atoms with E-state index >= 15 is 0 Å². The minimum Gasteiger partial charge on any atom is -0.507 e. The summed E-state index contributed by atoms with van der Waals surface area (Å²) < 4.78 is 24.4. The van der Waals surface area contributed by atoms with Gasteiger partial charge in [0.15, 0.2) is 5.78 Å². The van der Waals surface area contributed by atoms with E-state index < -0.39 is 35.6 Å². The first kappa shape index (κ1) is 26.6. The number of phenols is 2. The van der Waals surface area contributed by atoms with E-state index in [9.17, 15) is 29.0 Å². The Kier molecular flexibility index (Phi) is 8.22. The van der Waals surface area contributed by atoms with E-state index in [1.807, 2.05) is 0 Å². The standard InChI is InChI=1S/C28H27FN2O7/c1-37-19-9-11-23(32)20(14-19)26(34)16-4-6-17(7-5-16)28(36)38-25-3-2-12-30-15-22(25)31-27(35)21-13-18(29)8-10-24(21)33/h4-11,13-14,22,25,30,32-33H,2-3,12,15H2,1H3,(H,31,35)/t22-,25-/m1/s1. The smallest absolute Gasteiger partial charge is 0.338 e. The molecule has 0 unspecified atom stereocenters. The lowest BCUT2D eigenvalue weighted by Gasteiger charge is -2.26. The first-order valence-corrected chi connectivity index (χ1v) is 12.0. The predicted octanol–water partition coefficient (Wildman–Crippen LogP) is 3.18. The maximum atomic E-state index is 13.6. The number of methoxy groups -OCH3 is 1. The molecule has 38 heavy (non-hydrogen) atoms. The molecule has 1 aliphatic heterocycles. The summed E-state index contributed by atoms with van der Waals surface area (Å²) in [5.74, 6) is -2.60. The van der Waals surface area contributed by atoms with Gasteiger partial charge in [-0.3, -0.25) is 9.59 Å². The van der Waals surface area contributed by atoms with E-state index in [-0.39, 0.29) is 33.8 Å². The van der Waals surface area contributed by atoms with Gasteiger partial charge in [0.1, 0.15) is 29.2 Å². The molecule has 4 rings (SSSR count). The number of ether oxygens (including phenoxy) is 2. The molecule has 9 nitrogen and oxygen atoms in total. The van der Waals surface area contributed by atoms with E-state index in [2.05, 4.69) is 10.6 Å². The molecule has 4 N–H and O–H groups in total. The number of halogens is 1. The summed E-state index contributed by atoms with van der Waals surface area (Å²) in [6, 6.07) is 12.6.